The molecule has 3 aromatic heterocycles. The molecule has 0 fully saturated rings. The van der Waals surface area contributed by atoms with Crippen molar-refractivity contribution in [2.24, 2.45) is 0 Å². The number of aromatic carboxylic acids is 1. The second-order valence-corrected chi connectivity index (χ2v) is 4.31. The van der Waals surface area contributed by atoms with Gasteiger partial charge in [0.25, 0.3) is 0 Å². The van der Waals surface area contributed by atoms with E-state index in [0.29, 0.717) is 18.0 Å². The summed E-state index contributed by atoms with van der Waals surface area (Å²) in [6.45, 7) is 0.492. The third kappa shape index (κ3) is 2.92. The summed E-state index contributed by atoms with van der Waals surface area (Å²) < 4.78 is 0. The largest absolute Gasteiger partial charge is 0.477 e. The zero-order valence-corrected chi connectivity index (χ0v) is 10.9. The molecule has 3 heterocycles. The number of hydrogen-bond donors (Lipinski definition) is 2. The maximum atomic E-state index is 10.7. The van der Waals surface area contributed by atoms with Crippen molar-refractivity contribution < 1.29 is 9.90 Å². The molecule has 0 bridgehead atoms. The Morgan fingerprint density at radius 2 is 1.95 bits per heavy atom. The molecule has 0 saturated carbocycles. The summed E-state index contributed by atoms with van der Waals surface area (Å²) in [5.41, 5.74) is 2.19. The van der Waals surface area contributed by atoms with E-state index in [2.05, 4.69) is 25.3 Å². The lowest BCUT2D eigenvalue weighted by Gasteiger charge is -2.06. The van der Waals surface area contributed by atoms with Crippen molar-refractivity contribution >= 4 is 23.0 Å². The fourth-order valence-corrected chi connectivity index (χ4v) is 1.80. The van der Waals surface area contributed by atoms with E-state index in [9.17, 15) is 4.79 Å². The minimum Gasteiger partial charge on any atom is -0.477 e. The van der Waals surface area contributed by atoms with Gasteiger partial charge < -0.3 is 10.4 Å². The van der Waals surface area contributed by atoms with Crippen LogP contribution >= 0.6 is 0 Å². The van der Waals surface area contributed by atoms with Gasteiger partial charge in [-0.05, 0) is 23.8 Å². The van der Waals surface area contributed by atoms with Crippen molar-refractivity contribution in [3.05, 3.63) is 54.1 Å². The fourth-order valence-electron chi connectivity index (χ4n) is 1.80. The zero-order valence-electron chi connectivity index (χ0n) is 10.9. The van der Waals surface area contributed by atoms with Crippen LogP contribution in [0.2, 0.25) is 0 Å². The van der Waals surface area contributed by atoms with Crippen LogP contribution in [-0.2, 0) is 6.54 Å². The topological polar surface area (TPSA) is 101 Å². The first-order chi connectivity index (χ1) is 10.2. The Kier molecular flexibility index (Phi) is 3.38. The fraction of sp³-hybridized carbons (Fsp3) is 0.0714. The molecule has 0 radical (unpaired) electrons. The number of carboxylic acids is 1. The van der Waals surface area contributed by atoms with E-state index in [1.54, 1.807) is 18.5 Å². The molecule has 0 aliphatic carbocycles. The van der Waals surface area contributed by atoms with Crippen LogP contribution in [0.3, 0.4) is 0 Å². The Morgan fingerprint density at radius 3 is 2.71 bits per heavy atom. The highest BCUT2D eigenvalue weighted by atomic mass is 16.4. The summed E-state index contributed by atoms with van der Waals surface area (Å²) >= 11 is 0. The third-order valence-electron chi connectivity index (χ3n) is 2.85. The van der Waals surface area contributed by atoms with Gasteiger partial charge in [0.2, 0.25) is 0 Å². The van der Waals surface area contributed by atoms with Crippen LogP contribution in [0.5, 0.6) is 0 Å². The van der Waals surface area contributed by atoms with Gasteiger partial charge in [-0.2, -0.15) is 0 Å². The Bertz CT molecular complexity index is 789. The highest BCUT2D eigenvalue weighted by molar-refractivity contribution is 5.85. The van der Waals surface area contributed by atoms with Crippen molar-refractivity contribution in [3.8, 4) is 0 Å². The minimum absolute atomic E-state index is 0.0258. The number of hydrogen-bond acceptors (Lipinski definition) is 6. The molecule has 21 heavy (non-hydrogen) atoms. The standard InChI is InChI=1S/C14H11N5O2/c20-14(21)11-2-1-9(7-17-11)8-18-12-4-3-10-13(19-12)16-6-5-15-10/h1-7H,8H2,(H,20,21)(H,16,18,19). The van der Waals surface area contributed by atoms with Crippen LogP contribution in [0, 0.1) is 0 Å². The average Bonchev–Trinajstić information content (AvgIpc) is 2.53. The van der Waals surface area contributed by atoms with Crippen LogP contribution < -0.4 is 5.32 Å². The van der Waals surface area contributed by atoms with Gasteiger partial charge in [-0.3, -0.25) is 4.98 Å². The number of nitrogens with one attached hydrogen (secondary N) is 1. The predicted molar refractivity (Wildman–Crippen MR) is 75.9 cm³/mol. The molecule has 0 amide bonds. The number of fused-ring (bicyclic) bond motifs is 1. The highest BCUT2D eigenvalue weighted by Gasteiger charge is 2.04. The summed E-state index contributed by atoms with van der Waals surface area (Å²) in [6.07, 6.45) is 4.73. The van der Waals surface area contributed by atoms with Gasteiger partial charge in [0, 0.05) is 25.1 Å². The normalized spacial score (nSPS) is 10.5. The summed E-state index contributed by atoms with van der Waals surface area (Å²) in [4.78, 5) is 27.2. The molecule has 0 aromatic carbocycles. The van der Waals surface area contributed by atoms with E-state index in [1.807, 2.05) is 12.1 Å². The molecule has 3 aromatic rings. The molecular weight excluding hydrogens is 270 g/mol. The van der Waals surface area contributed by atoms with Gasteiger partial charge in [-0.15, -0.1) is 0 Å². The van der Waals surface area contributed by atoms with Crippen molar-refractivity contribution in [2.75, 3.05) is 5.32 Å². The smallest absolute Gasteiger partial charge is 0.354 e. The summed E-state index contributed by atoms with van der Waals surface area (Å²) in [5, 5.41) is 11.9. The van der Waals surface area contributed by atoms with Crippen molar-refractivity contribution in [2.45, 2.75) is 6.54 Å². The first kappa shape index (κ1) is 12.9. The molecule has 0 aliphatic heterocycles. The van der Waals surface area contributed by atoms with Gasteiger partial charge in [-0.1, -0.05) is 6.07 Å². The molecule has 7 heteroatoms. The Hall–Kier alpha value is -3.09. The number of rotatable bonds is 4. The van der Waals surface area contributed by atoms with E-state index in [-0.39, 0.29) is 5.69 Å². The Morgan fingerprint density at radius 1 is 1.10 bits per heavy atom. The summed E-state index contributed by atoms with van der Waals surface area (Å²) in [7, 11) is 0. The Labute approximate surface area is 119 Å². The average molecular weight is 281 g/mol. The van der Waals surface area contributed by atoms with E-state index in [0.717, 1.165) is 11.1 Å². The Balaban J connectivity index is 1.72. The van der Waals surface area contributed by atoms with Gasteiger partial charge in [0.1, 0.15) is 17.0 Å². The number of nitrogens with zero attached hydrogens (tertiary/aromatic N) is 4. The maximum absolute atomic E-state index is 10.7. The summed E-state index contributed by atoms with van der Waals surface area (Å²) in [6, 6.07) is 6.84. The number of pyridine rings is 2. The van der Waals surface area contributed by atoms with Crippen molar-refractivity contribution in [1.82, 2.24) is 19.9 Å². The predicted octanol–water partition coefficient (Wildman–Crippen LogP) is 1.73. The number of carbonyl (C=O) groups is 1. The van der Waals surface area contributed by atoms with E-state index in [4.69, 9.17) is 5.11 Å². The summed E-state index contributed by atoms with van der Waals surface area (Å²) in [5.74, 6) is -0.366. The van der Waals surface area contributed by atoms with Crippen LogP contribution in [0.4, 0.5) is 5.82 Å². The van der Waals surface area contributed by atoms with Gasteiger partial charge in [0.05, 0.1) is 0 Å². The van der Waals surface area contributed by atoms with E-state index in [1.165, 1.54) is 12.3 Å². The molecule has 3 rings (SSSR count). The molecule has 0 atom stereocenters. The van der Waals surface area contributed by atoms with Crippen LogP contribution in [0.25, 0.3) is 11.2 Å². The lowest BCUT2D eigenvalue weighted by Crippen LogP contribution is -2.04. The molecule has 0 aliphatic rings. The van der Waals surface area contributed by atoms with Crippen molar-refractivity contribution in [3.63, 3.8) is 0 Å². The molecule has 0 unspecified atom stereocenters. The zero-order chi connectivity index (χ0) is 14.7. The molecule has 104 valence electrons. The monoisotopic (exact) mass is 281 g/mol. The van der Waals surface area contributed by atoms with Gasteiger partial charge in [0.15, 0.2) is 5.65 Å². The van der Waals surface area contributed by atoms with Crippen molar-refractivity contribution in [1.29, 1.82) is 0 Å². The lowest BCUT2D eigenvalue weighted by atomic mass is 10.2. The molecular formula is C14H11N5O2. The minimum atomic E-state index is -1.04. The third-order valence-corrected chi connectivity index (χ3v) is 2.85. The second kappa shape index (κ2) is 5.49. The van der Waals surface area contributed by atoms with Gasteiger partial charge >= 0.3 is 5.97 Å². The number of anilines is 1. The molecule has 0 spiro atoms. The quantitative estimate of drug-likeness (QED) is 0.750. The SMILES string of the molecule is O=C(O)c1ccc(CNc2ccc3nccnc3n2)cn1. The molecule has 7 nitrogen and oxygen atoms in total. The van der Waals surface area contributed by atoms with E-state index < -0.39 is 5.97 Å². The number of aromatic nitrogens is 4. The van der Waals surface area contributed by atoms with Crippen LogP contribution in [0.15, 0.2) is 42.9 Å². The first-order valence-corrected chi connectivity index (χ1v) is 6.22. The highest BCUT2D eigenvalue weighted by Crippen LogP contribution is 2.11. The molecule has 2 N–H and O–H groups in total. The number of carboxylic acid groups (broad SMARTS) is 1. The second-order valence-electron chi connectivity index (χ2n) is 4.31. The maximum Gasteiger partial charge on any atom is 0.354 e. The first-order valence-electron chi connectivity index (χ1n) is 6.22. The van der Waals surface area contributed by atoms with Crippen LogP contribution in [-0.4, -0.2) is 31.0 Å². The van der Waals surface area contributed by atoms with Gasteiger partial charge in [-0.25, -0.2) is 19.7 Å². The van der Waals surface area contributed by atoms with E-state index >= 15 is 0 Å². The molecule has 0 saturated heterocycles. The van der Waals surface area contributed by atoms with Crippen LogP contribution in [0.1, 0.15) is 16.1 Å². The lowest BCUT2D eigenvalue weighted by molar-refractivity contribution is 0.0690.